The van der Waals surface area contributed by atoms with Gasteiger partial charge in [0.25, 0.3) is 5.91 Å². The zero-order chi connectivity index (χ0) is 21.2. The maximum absolute atomic E-state index is 12.2. The molecule has 0 fully saturated rings. The van der Waals surface area contributed by atoms with Crippen molar-refractivity contribution in [3.63, 3.8) is 0 Å². The Morgan fingerprint density at radius 1 is 1.13 bits per heavy atom. The van der Waals surface area contributed by atoms with Crippen molar-refractivity contribution in [3.05, 3.63) is 51.5 Å². The summed E-state index contributed by atoms with van der Waals surface area (Å²) in [7, 11) is 0. The molecule has 8 heteroatoms. The van der Waals surface area contributed by atoms with E-state index in [0.29, 0.717) is 24.6 Å². The lowest BCUT2D eigenvalue weighted by Crippen LogP contribution is -2.36. The van der Waals surface area contributed by atoms with E-state index in [9.17, 15) is 4.79 Å². The van der Waals surface area contributed by atoms with Crippen LogP contribution >= 0.6 is 35.3 Å². The van der Waals surface area contributed by atoms with Crippen LogP contribution in [0.3, 0.4) is 0 Å². The third-order valence-electron chi connectivity index (χ3n) is 4.54. The largest absolute Gasteiger partial charge is 0.357 e. The molecular weight excluding hydrogens is 509 g/mol. The number of hydrogen-bond donors (Lipinski definition) is 3. The summed E-state index contributed by atoms with van der Waals surface area (Å²) in [6, 6.07) is 7.79. The molecular formula is C22H34IN5OS. The van der Waals surface area contributed by atoms with Crippen molar-refractivity contribution in [3.8, 4) is 0 Å². The van der Waals surface area contributed by atoms with E-state index in [1.165, 1.54) is 0 Å². The van der Waals surface area contributed by atoms with Gasteiger partial charge in [0.15, 0.2) is 5.96 Å². The maximum Gasteiger partial charge on any atom is 0.251 e. The van der Waals surface area contributed by atoms with Gasteiger partial charge < -0.3 is 16.0 Å². The molecule has 2 aromatic rings. The highest BCUT2D eigenvalue weighted by atomic mass is 127. The molecule has 1 unspecified atom stereocenters. The predicted molar refractivity (Wildman–Crippen MR) is 137 cm³/mol. The minimum Gasteiger partial charge on any atom is -0.357 e. The quantitative estimate of drug-likeness (QED) is 0.244. The normalized spacial score (nSPS) is 12.3. The second kappa shape index (κ2) is 13.6. The summed E-state index contributed by atoms with van der Waals surface area (Å²) in [5.74, 6) is 1.16. The van der Waals surface area contributed by atoms with Crippen molar-refractivity contribution < 1.29 is 4.79 Å². The summed E-state index contributed by atoms with van der Waals surface area (Å²) >= 11 is 1.67. The number of guanidine groups is 1. The molecule has 0 aliphatic rings. The third-order valence-corrected chi connectivity index (χ3v) is 5.41. The second-order valence-electron chi connectivity index (χ2n) is 7.35. The third kappa shape index (κ3) is 8.59. The monoisotopic (exact) mass is 543 g/mol. The maximum atomic E-state index is 12.2. The van der Waals surface area contributed by atoms with Crippen LogP contribution in [0.15, 0.2) is 34.6 Å². The minimum atomic E-state index is -0.0337. The number of amides is 1. The number of rotatable bonds is 9. The summed E-state index contributed by atoms with van der Waals surface area (Å²) < 4.78 is 0. The first-order valence-corrected chi connectivity index (χ1v) is 11.2. The number of nitrogens with one attached hydrogen (secondary N) is 3. The van der Waals surface area contributed by atoms with Gasteiger partial charge in [-0.05, 0) is 43.9 Å². The van der Waals surface area contributed by atoms with Gasteiger partial charge in [0.05, 0.1) is 18.8 Å². The molecule has 30 heavy (non-hydrogen) atoms. The highest BCUT2D eigenvalue weighted by Gasteiger charge is 2.09. The van der Waals surface area contributed by atoms with Gasteiger partial charge in [-0.1, -0.05) is 32.9 Å². The molecule has 1 aromatic carbocycles. The molecule has 0 radical (unpaired) electrons. The van der Waals surface area contributed by atoms with Crippen LogP contribution in [-0.4, -0.2) is 29.4 Å². The fraction of sp³-hybridized carbons (Fsp3) is 0.500. The van der Waals surface area contributed by atoms with Gasteiger partial charge in [0, 0.05) is 23.5 Å². The van der Waals surface area contributed by atoms with Gasteiger partial charge in [-0.25, -0.2) is 9.98 Å². The molecule has 0 spiro atoms. The summed E-state index contributed by atoms with van der Waals surface area (Å²) in [4.78, 5) is 21.5. The van der Waals surface area contributed by atoms with Crippen LogP contribution in [0.1, 0.15) is 73.6 Å². The Morgan fingerprint density at radius 3 is 2.40 bits per heavy atom. The highest BCUT2D eigenvalue weighted by molar-refractivity contribution is 14.0. The molecule has 1 aromatic heterocycles. The molecule has 166 valence electrons. The van der Waals surface area contributed by atoms with E-state index in [4.69, 9.17) is 0 Å². The number of benzene rings is 1. The molecule has 1 heterocycles. The van der Waals surface area contributed by atoms with Crippen LogP contribution in [0.4, 0.5) is 0 Å². The molecule has 1 atom stereocenters. The summed E-state index contributed by atoms with van der Waals surface area (Å²) in [5.41, 5.74) is 2.86. The number of hydrogen-bond acceptors (Lipinski definition) is 4. The van der Waals surface area contributed by atoms with Crippen LogP contribution in [0.2, 0.25) is 0 Å². The van der Waals surface area contributed by atoms with Crippen molar-refractivity contribution in [1.29, 1.82) is 0 Å². The van der Waals surface area contributed by atoms with E-state index in [2.05, 4.69) is 52.1 Å². The lowest BCUT2D eigenvalue weighted by molar-refractivity contribution is 0.0939. The zero-order valence-electron chi connectivity index (χ0n) is 18.5. The second-order valence-corrected chi connectivity index (χ2v) is 8.29. The molecule has 0 aliphatic heterocycles. The van der Waals surface area contributed by atoms with Crippen LogP contribution < -0.4 is 16.0 Å². The molecule has 0 saturated heterocycles. The van der Waals surface area contributed by atoms with Crippen LogP contribution in [0.5, 0.6) is 0 Å². The first kappa shape index (κ1) is 26.4. The molecule has 6 nitrogen and oxygen atoms in total. The van der Waals surface area contributed by atoms with Crippen molar-refractivity contribution in [2.45, 2.75) is 66.1 Å². The molecule has 0 bridgehead atoms. The van der Waals surface area contributed by atoms with E-state index in [1.807, 2.05) is 38.1 Å². The van der Waals surface area contributed by atoms with E-state index < -0.39 is 0 Å². The van der Waals surface area contributed by atoms with Gasteiger partial charge in [-0.3, -0.25) is 4.79 Å². The molecule has 3 N–H and O–H groups in total. The highest BCUT2D eigenvalue weighted by Crippen LogP contribution is 2.17. The molecule has 2 rings (SSSR count). The fourth-order valence-electron chi connectivity index (χ4n) is 2.51. The lowest BCUT2D eigenvalue weighted by Gasteiger charge is -2.12. The first-order chi connectivity index (χ1) is 13.9. The number of aromatic nitrogens is 1. The Hall–Kier alpha value is -1.68. The van der Waals surface area contributed by atoms with Crippen molar-refractivity contribution >= 4 is 47.2 Å². The number of aliphatic imine (C=N–C) groups is 1. The average Bonchev–Trinajstić information content (AvgIpc) is 3.19. The topological polar surface area (TPSA) is 78.4 Å². The van der Waals surface area contributed by atoms with E-state index >= 15 is 0 Å². The Morgan fingerprint density at radius 2 is 1.83 bits per heavy atom. The van der Waals surface area contributed by atoms with Crippen LogP contribution in [0, 0.1) is 0 Å². The average molecular weight is 544 g/mol. The smallest absolute Gasteiger partial charge is 0.251 e. The van der Waals surface area contributed by atoms with Crippen molar-refractivity contribution in [2.24, 2.45) is 4.99 Å². The Balaban J connectivity index is 0.00000450. The summed E-state index contributed by atoms with van der Waals surface area (Å²) in [6.45, 7) is 12.4. The van der Waals surface area contributed by atoms with Gasteiger partial charge in [-0.2, -0.15) is 0 Å². The van der Waals surface area contributed by atoms with E-state index in [1.54, 1.807) is 11.3 Å². The minimum absolute atomic E-state index is 0. The van der Waals surface area contributed by atoms with Crippen molar-refractivity contribution in [1.82, 2.24) is 20.9 Å². The Labute approximate surface area is 201 Å². The standard InChI is InChI=1S/C22H33N5OS.HI/c1-6-16(5)26-21(28)18-10-8-17(9-11-18)12-24-22(23-7-2)25-13-20-27-19(14-29-20)15(3)4;/h8-11,14-16H,6-7,12-13H2,1-5H3,(H,26,28)(H2,23,24,25);1H. The number of nitrogens with zero attached hydrogens (tertiary/aromatic N) is 2. The zero-order valence-corrected chi connectivity index (χ0v) is 21.6. The SMILES string of the molecule is CCNC(=NCc1ccc(C(=O)NC(C)CC)cc1)NCc1nc(C(C)C)cs1.I. The van der Waals surface area contributed by atoms with Gasteiger partial charge in [0.2, 0.25) is 0 Å². The molecule has 0 aliphatic carbocycles. The molecule has 0 saturated carbocycles. The van der Waals surface area contributed by atoms with Crippen LogP contribution in [-0.2, 0) is 13.1 Å². The molecule has 1 amide bonds. The van der Waals surface area contributed by atoms with E-state index in [0.717, 1.165) is 35.2 Å². The van der Waals surface area contributed by atoms with Gasteiger partial charge in [0.1, 0.15) is 5.01 Å². The fourth-order valence-corrected chi connectivity index (χ4v) is 3.41. The predicted octanol–water partition coefficient (Wildman–Crippen LogP) is 4.67. The number of carbonyl (C=O) groups is 1. The number of thiazole rings is 1. The first-order valence-electron chi connectivity index (χ1n) is 10.3. The Bertz CT molecular complexity index is 804. The van der Waals surface area contributed by atoms with Crippen LogP contribution in [0.25, 0.3) is 0 Å². The van der Waals surface area contributed by atoms with E-state index in [-0.39, 0.29) is 35.9 Å². The van der Waals surface area contributed by atoms with Gasteiger partial charge in [-0.15, -0.1) is 35.3 Å². The number of halogens is 1. The summed E-state index contributed by atoms with van der Waals surface area (Å²) in [5, 5.41) is 12.8. The summed E-state index contributed by atoms with van der Waals surface area (Å²) in [6.07, 6.45) is 0.915. The van der Waals surface area contributed by atoms with Gasteiger partial charge >= 0.3 is 0 Å². The number of carbonyl (C=O) groups excluding carboxylic acids is 1. The Kier molecular flexibility index (Phi) is 11.9. The van der Waals surface area contributed by atoms with Crippen molar-refractivity contribution in [2.75, 3.05) is 6.54 Å². The lowest BCUT2D eigenvalue weighted by atomic mass is 10.1.